The molecule has 1 N–H and O–H groups in total. The van der Waals surface area contributed by atoms with Crippen LogP contribution in [0, 0.1) is 6.92 Å². The van der Waals surface area contributed by atoms with E-state index >= 15 is 0 Å². The molecule has 1 heterocycles. The highest BCUT2D eigenvalue weighted by Crippen LogP contribution is 2.26. The lowest BCUT2D eigenvalue weighted by Crippen LogP contribution is -2.35. The maximum atomic E-state index is 12.9. The topological polar surface area (TPSA) is 75.7 Å². The van der Waals surface area contributed by atoms with Gasteiger partial charge in [-0.05, 0) is 43.5 Å². The molecule has 150 valence electrons. The van der Waals surface area contributed by atoms with Gasteiger partial charge in [-0.2, -0.15) is 4.31 Å². The van der Waals surface area contributed by atoms with Crippen LogP contribution in [0.2, 0.25) is 0 Å². The summed E-state index contributed by atoms with van der Waals surface area (Å²) in [5, 5.41) is 2.85. The number of benzene rings is 2. The van der Waals surface area contributed by atoms with Crippen molar-refractivity contribution in [3.8, 4) is 5.75 Å². The van der Waals surface area contributed by atoms with Crippen molar-refractivity contribution in [2.24, 2.45) is 0 Å². The molecule has 6 nitrogen and oxygen atoms in total. The van der Waals surface area contributed by atoms with Crippen molar-refractivity contribution in [1.29, 1.82) is 0 Å². The average molecular weight is 403 g/mol. The fraction of sp³-hybridized carbons (Fsp3) is 0.381. The van der Waals surface area contributed by atoms with Crippen molar-refractivity contribution in [3.63, 3.8) is 0 Å². The first-order valence-electron chi connectivity index (χ1n) is 9.44. The molecule has 2 aromatic rings. The highest BCUT2D eigenvalue weighted by molar-refractivity contribution is 7.89. The Bertz CT molecular complexity index is 951. The van der Waals surface area contributed by atoms with Gasteiger partial charge in [0, 0.05) is 19.6 Å². The molecular weight excluding hydrogens is 376 g/mol. The van der Waals surface area contributed by atoms with E-state index in [4.69, 9.17) is 4.74 Å². The molecule has 1 saturated heterocycles. The van der Waals surface area contributed by atoms with Crippen LogP contribution in [0.4, 0.5) is 0 Å². The number of nitrogens with one attached hydrogen (secondary N) is 1. The number of nitrogens with zero attached hydrogens (tertiary/aromatic N) is 1. The molecule has 2 aromatic carbocycles. The van der Waals surface area contributed by atoms with Crippen molar-refractivity contribution in [3.05, 3.63) is 59.2 Å². The van der Waals surface area contributed by atoms with E-state index in [2.05, 4.69) is 5.32 Å². The number of amides is 1. The van der Waals surface area contributed by atoms with E-state index in [0.29, 0.717) is 25.4 Å². The highest BCUT2D eigenvalue weighted by atomic mass is 32.2. The zero-order valence-corrected chi connectivity index (χ0v) is 17.1. The molecule has 0 spiro atoms. The lowest BCUT2D eigenvalue weighted by molar-refractivity contribution is 0.0947. The Labute approximate surface area is 166 Å². The molecule has 1 fully saturated rings. The smallest absolute Gasteiger partial charge is 0.255 e. The number of piperidine rings is 1. The molecule has 7 heteroatoms. The number of ether oxygens (including phenoxy) is 1. The van der Waals surface area contributed by atoms with E-state index < -0.39 is 10.0 Å². The molecular formula is C21H26N2O4S. The molecule has 0 atom stereocenters. The SMILES string of the molecule is COc1ccc(S(=O)(=O)N2CCCCC2)cc1C(=O)NCc1cccc(C)c1. The first-order chi connectivity index (χ1) is 13.4. The van der Waals surface area contributed by atoms with Crippen LogP contribution in [0.25, 0.3) is 0 Å². The summed E-state index contributed by atoms with van der Waals surface area (Å²) in [5.41, 5.74) is 2.30. The fourth-order valence-electron chi connectivity index (χ4n) is 3.38. The van der Waals surface area contributed by atoms with Crippen LogP contribution in [-0.4, -0.2) is 38.8 Å². The number of rotatable bonds is 6. The molecule has 0 radical (unpaired) electrons. The molecule has 0 aliphatic carbocycles. The van der Waals surface area contributed by atoms with E-state index in [1.807, 2.05) is 31.2 Å². The summed E-state index contributed by atoms with van der Waals surface area (Å²) in [4.78, 5) is 12.9. The predicted octanol–water partition coefficient (Wildman–Crippen LogP) is 3.11. The molecule has 1 aliphatic rings. The van der Waals surface area contributed by atoms with Crippen LogP contribution in [0.3, 0.4) is 0 Å². The van der Waals surface area contributed by atoms with Gasteiger partial charge in [0.1, 0.15) is 5.75 Å². The average Bonchev–Trinajstić information content (AvgIpc) is 2.72. The summed E-state index contributed by atoms with van der Waals surface area (Å²) in [6.07, 6.45) is 2.76. The van der Waals surface area contributed by atoms with Gasteiger partial charge in [-0.25, -0.2) is 8.42 Å². The minimum Gasteiger partial charge on any atom is -0.496 e. The third kappa shape index (κ3) is 4.54. The molecule has 28 heavy (non-hydrogen) atoms. The third-order valence-electron chi connectivity index (χ3n) is 4.90. The molecule has 0 unspecified atom stereocenters. The maximum Gasteiger partial charge on any atom is 0.255 e. The van der Waals surface area contributed by atoms with E-state index in [1.54, 1.807) is 6.07 Å². The van der Waals surface area contributed by atoms with Crippen molar-refractivity contribution in [1.82, 2.24) is 9.62 Å². The monoisotopic (exact) mass is 402 g/mol. The largest absolute Gasteiger partial charge is 0.496 e. The van der Waals surface area contributed by atoms with Gasteiger partial charge in [-0.1, -0.05) is 36.2 Å². The van der Waals surface area contributed by atoms with Crippen LogP contribution in [0.5, 0.6) is 5.75 Å². The second-order valence-corrected chi connectivity index (χ2v) is 8.94. The van der Waals surface area contributed by atoms with Crippen molar-refractivity contribution in [2.75, 3.05) is 20.2 Å². The molecule has 1 amide bonds. The number of carbonyl (C=O) groups excluding carboxylic acids is 1. The standard InChI is InChI=1S/C21H26N2O4S/c1-16-7-6-8-17(13-16)15-22-21(24)19-14-18(9-10-20(19)27-2)28(25,26)23-11-4-3-5-12-23/h6-10,13-14H,3-5,11-12,15H2,1-2H3,(H,22,24). The highest BCUT2D eigenvalue weighted by Gasteiger charge is 2.27. The zero-order chi connectivity index (χ0) is 20.1. The first-order valence-corrected chi connectivity index (χ1v) is 10.9. The maximum absolute atomic E-state index is 12.9. The molecule has 1 aliphatic heterocycles. The Balaban J connectivity index is 1.83. The van der Waals surface area contributed by atoms with Gasteiger partial charge in [0.25, 0.3) is 5.91 Å². The molecule has 3 rings (SSSR count). The van der Waals surface area contributed by atoms with Crippen molar-refractivity contribution >= 4 is 15.9 Å². The summed E-state index contributed by atoms with van der Waals surface area (Å²) in [6.45, 7) is 3.38. The predicted molar refractivity (Wildman–Crippen MR) is 108 cm³/mol. The minimum atomic E-state index is -3.62. The van der Waals surface area contributed by atoms with Crippen LogP contribution in [-0.2, 0) is 16.6 Å². The number of sulfonamides is 1. The zero-order valence-electron chi connectivity index (χ0n) is 16.3. The minimum absolute atomic E-state index is 0.121. The van der Waals surface area contributed by atoms with Crippen LogP contribution in [0.1, 0.15) is 40.7 Å². The summed E-state index contributed by atoms with van der Waals surface area (Å²) in [5.74, 6) is -0.0200. The lowest BCUT2D eigenvalue weighted by Gasteiger charge is -2.26. The first kappa shape index (κ1) is 20.4. The van der Waals surface area contributed by atoms with Gasteiger partial charge in [0.2, 0.25) is 10.0 Å². The molecule has 0 bridgehead atoms. The number of carbonyl (C=O) groups is 1. The van der Waals surface area contributed by atoms with Gasteiger partial charge < -0.3 is 10.1 Å². The summed E-state index contributed by atoms with van der Waals surface area (Å²) < 4.78 is 32.6. The number of hydrogen-bond acceptors (Lipinski definition) is 4. The number of aryl methyl sites for hydroxylation is 1. The summed E-state index contributed by atoms with van der Waals surface area (Å²) in [7, 11) is -2.15. The Kier molecular flexibility index (Phi) is 6.36. The number of hydrogen-bond donors (Lipinski definition) is 1. The Morgan fingerprint density at radius 3 is 2.54 bits per heavy atom. The van der Waals surface area contributed by atoms with E-state index in [9.17, 15) is 13.2 Å². The van der Waals surface area contributed by atoms with Gasteiger partial charge in [0.05, 0.1) is 17.6 Å². The Hall–Kier alpha value is -2.38. The second-order valence-electron chi connectivity index (χ2n) is 7.00. The lowest BCUT2D eigenvalue weighted by atomic mass is 10.1. The Morgan fingerprint density at radius 1 is 1.11 bits per heavy atom. The molecule has 0 saturated carbocycles. The number of methoxy groups -OCH3 is 1. The second kappa shape index (κ2) is 8.75. The normalized spacial score (nSPS) is 15.2. The van der Waals surface area contributed by atoms with Crippen molar-refractivity contribution < 1.29 is 17.9 Å². The summed E-state index contributed by atoms with van der Waals surface area (Å²) >= 11 is 0. The summed E-state index contributed by atoms with van der Waals surface area (Å²) in [6, 6.07) is 12.3. The van der Waals surface area contributed by atoms with Gasteiger partial charge in [-0.3, -0.25) is 4.79 Å². The third-order valence-corrected chi connectivity index (χ3v) is 6.80. The van der Waals surface area contributed by atoms with Crippen LogP contribution in [0.15, 0.2) is 47.4 Å². The molecule has 0 aromatic heterocycles. The van der Waals surface area contributed by atoms with E-state index in [0.717, 1.165) is 30.4 Å². The fourth-order valence-corrected chi connectivity index (χ4v) is 4.92. The quantitative estimate of drug-likeness (QED) is 0.806. The van der Waals surface area contributed by atoms with E-state index in [-0.39, 0.29) is 16.4 Å². The van der Waals surface area contributed by atoms with Crippen LogP contribution >= 0.6 is 0 Å². The van der Waals surface area contributed by atoms with Gasteiger partial charge in [-0.15, -0.1) is 0 Å². The van der Waals surface area contributed by atoms with Gasteiger partial charge in [0.15, 0.2) is 0 Å². The van der Waals surface area contributed by atoms with E-state index in [1.165, 1.54) is 23.5 Å². The van der Waals surface area contributed by atoms with Crippen LogP contribution < -0.4 is 10.1 Å². The van der Waals surface area contributed by atoms with Crippen molar-refractivity contribution in [2.45, 2.75) is 37.6 Å². The Morgan fingerprint density at radius 2 is 1.86 bits per heavy atom. The van der Waals surface area contributed by atoms with Gasteiger partial charge >= 0.3 is 0 Å².